The molecule has 5 N–H and O–H groups in total. The Bertz CT molecular complexity index is 303. The summed E-state index contributed by atoms with van der Waals surface area (Å²) < 4.78 is 5.22. The Morgan fingerprint density at radius 2 is 2.29 bits per heavy atom. The SMILES string of the molecule is Nc1cc(NC2CCOC2)nc(N)n1. The number of nitrogens with one attached hydrogen (secondary N) is 1. The van der Waals surface area contributed by atoms with Crippen molar-refractivity contribution >= 4 is 17.6 Å². The molecule has 0 amide bonds. The van der Waals surface area contributed by atoms with E-state index < -0.39 is 0 Å². The van der Waals surface area contributed by atoms with Crippen molar-refractivity contribution in [1.29, 1.82) is 0 Å². The summed E-state index contributed by atoms with van der Waals surface area (Å²) in [7, 11) is 0. The summed E-state index contributed by atoms with van der Waals surface area (Å²) in [6.07, 6.45) is 0.976. The molecule has 0 aromatic carbocycles. The van der Waals surface area contributed by atoms with Crippen molar-refractivity contribution in [1.82, 2.24) is 9.97 Å². The second kappa shape index (κ2) is 3.67. The van der Waals surface area contributed by atoms with E-state index >= 15 is 0 Å². The van der Waals surface area contributed by atoms with Crippen molar-refractivity contribution in [2.75, 3.05) is 30.0 Å². The third-order valence-corrected chi connectivity index (χ3v) is 2.04. The van der Waals surface area contributed by atoms with Crippen LogP contribution in [0.1, 0.15) is 6.42 Å². The van der Waals surface area contributed by atoms with E-state index in [0.717, 1.165) is 13.0 Å². The van der Waals surface area contributed by atoms with Crippen molar-refractivity contribution in [3.63, 3.8) is 0 Å². The molecule has 1 unspecified atom stereocenters. The van der Waals surface area contributed by atoms with Gasteiger partial charge < -0.3 is 21.5 Å². The van der Waals surface area contributed by atoms with E-state index in [0.29, 0.717) is 24.3 Å². The molecular weight excluding hydrogens is 182 g/mol. The molecule has 14 heavy (non-hydrogen) atoms. The maximum absolute atomic E-state index is 5.53. The number of ether oxygens (including phenoxy) is 1. The molecule has 0 bridgehead atoms. The third-order valence-electron chi connectivity index (χ3n) is 2.04. The van der Waals surface area contributed by atoms with Crippen LogP contribution < -0.4 is 16.8 Å². The second-order valence-electron chi connectivity index (χ2n) is 3.24. The molecule has 0 spiro atoms. The van der Waals surface area contributed by atoms with Crippen LogP contribution in [-0.4, -0.2) is 29.2 Å². The number of nitrogens with two attached hydrogens (primary N) is 2. The Balaban J connectivity index is 2.07. The lowest BCUT2D eigenvalue weighted by atomic mass is 10.2. The Morgan fingerprint density at radius 3 is 2.93 bits per heavy atom. The zero-order chi connectivity index (χ0) is 9.97. The van der Waals surface area contributed by atoms with E-state index in [9.17, 15) is 0 Å². The first-order valence-electron chi connectivity index (χ1n) is 4.48. The zero-order valence-electron chi connectivity index (χ0n) is 7.73. The van der Waals surface area contributed by atoms with E-state index in [1.54, 1.807) is 6.07 Å². The highest BCUT2D eigenvalue weighted by molar-refractivity contribution is 5.48. The standard InChI is InChI=1S/C8H13N5O/c9-6-3-7(13-8(10)12-6)11-5-1-2-14-4-5/h3,5H,1-2,4H2,(H5,9,10,11,12,13). The summed E-state index contributed by atoms with van der Waals surface area (Å²) in [6, 6.07) is 1.96. The Morgan fingerprint density at radius 1 is 1.43 bits per heavy atom. The van der Waals surface area contributed by atoms with Crippen molar-refractivity contribution in [2.45, 2.75) is 12.5 Å². The van der Waals surface area contributed by atoms with Gasteiger partial charge in [0, 0.05) is 12.7 Å². The van der Waals surface area contributed by atoms with E-state index in [2.05, 4.69) is 15.3 Å². The average Bonchev–Trinajstić information content (AvgIpc) is 2.54. The number of nitrogens with zero attached hydrogens (tertiary/aromatic N) is 2. The summed E-state index contributed by atoms with van der Waals surface area (Å²) in [6.45, 7) is 1.48. The smallest absolute Gasteiger partial charge is 0.223 e. The van der Waals surface area contributed by atoms with E-state index in [1.165, 1.54) is 0 Å². The Kier molecular flexibility index (Phi) is 2.36. The highest BCUT2D eigenvalue weighted by Gasteiger charge is 2.15. The molecule has 0 radical (unpaired) electrons. The summed E-state index contributed by atoms with van der Waals surface area (Å²) in [5, 5.41) is 3.19. The van der Waals surface area contributed by atoms with Gasteiger partial charge in [-0.2, -0.15) is 9.97 Å². The summed E-state index contributed by atoms with van der Waals surface area (Å²) in [4.78, 5) is 7.80. The fraction of sp³-hybridized carbons (Fsp3) is 0.500. The molecule has 6 nitrogen and oxygen atoms in total. The van der Waals surface area contributed by atoms with Gasteiger partial charge in [-0.15, -0.1) is 0 Å². The Labute approximate surface area is 81.7 Å². The first-order valence-corrected chi connectivity index (χ1v) is 4.48. The van der Waals surface area contributed by atoms with E-state index in [-0.39, 0.29) is 5.95 Å². The van der Waals surface area contributed by atoms with Crippen LogP contribution in [0.3, 0.4) is 0 Å². The summed E-state index contributed by atoms with van der Waals surface area (Å²) in [5.74, 6) is 1.22. The predicted molar refractivity (Wildman–Crippen MR) is 53.7 cm³/mol. The maximum Gasteiger partial charge on any atom is 0.223 e. The van der Waals surface area contributed by atoms with E-state index in [4.69, 9.17) is 16.2 Å². The van der Waals surface area contributed by atoms with Crippen LogP contribution in [0.15, 0.2) is 6.07 Å². The van der Waals surface area contributed by atoms with Gasteiger partial charge in [-0.25, -0.2) is 0 Å². The number of hydrogen-bond donors (Lipinski definition) is 3. The van der Waals surface area contributed by atoms with E-state index in [1.807, 2.05) is 0 Å². The van der Waals surface area contributed by atoms with Crippen molar-refractivity contribution in [3.8, 4) is 0 Å². The molecule has 1 aromatic rings. The minimum atomic E-state index is 0.186. The number of hydrogen-bond acceptors (Lipinski definition) is 6. The number of rotatable bonds is 2. The fourth-order valence-electron chi connectivity index (χ4n) is 1.42. The van der Waals surface area contributed by atoms with Gasteiger partial charge in [0.15, 0.2) is 0 Å². The molecule has 1 saturated heterocycles. The number of anilines is 3. The predicted octanol–water partition coefficient (Wildman–Crippen LogP) is -0.158. The number of aromatic nitrogens is 2. The molecule has 0 saturated carbocycles. The first kappa shape index (κ1) is 9.01. The highest BCUT2D eigenvalue weighted by Crippen LogP contribution is 2.14. The largest absolute Gasteiger partial charge is 0.383 e. The monoisotopic (exact) mass is 195 g/mol. The molecule has 1 aromatic heterocycles. The lowest BCUT2D eigenvalue weighted by molar-refractivity contribution is 0.195. The van der Waals surface area contributed by atoms with Crippen LogP contribution >= 0.6 is 0 Å². The van der Waals surface area contributed by atoms with Crippen LogP contribution in [0.2, 0.25) is 0 Å². The Hall–Kier alpha value is -1.56. The van der Waals surface area contributed by atoms with Gasteiger partial charge in [-0.3, -0.25) is 0 Å². The van der Waals surface area contributed by atoms with Crippen LogP contribution in [0.5, 0.6) is 0 Å². The quantitative estimate of drug-likeness (QED) is 0.606. The normalized spacial score (nSPS) is 21.0. The molecule has 2 heterocycles. The molecule has 6 heteroatoms. The third kappa shape index (κ3) is 2.02. The molecule has 0 aliphatic carbocycles. The topological polar surface area (TPSA) is 99.1 Å². The van der Waals surface area contributed by atoms with Gasteiger partial charge >= 0.3 is 0 Å². The average molecular weight is 195 g/mol. The maximum atomic E-state index is 5.53. The summed E-state index contributed by atoms with van der Waals surface area (Å²) >= 11 is 0. The van der Waals surface area contributed by atoms with Crippen LogP contribution in [0, 0.1) is 0 Å². The molecule has 1 atom stereocenters. The van der Waals surface area contributed by atoms with Crippen molar-refractivity contribution in [3.05, 3.63) is 6.07 Å². The molecule has 1 fully saturated rings. The molecule has 1 aliphatic rings. The molecule has 2 rings (SSSR count). The van der Waals surface area contributed by atoms with Crippen LogP contribution in [0.4, 0.5) is 17.6 Å². The lowest BCUT2D eigenvalue weighted by Gasteiger charge is -2.11. The van der Waals surface area contributed by atoms with Gasteiger partial charge in [-0.1, -0.05) is 0 Å². The second-order valence-corrected chi connectivity index (χ2v) is 3.24. The van der Waals surface area contributed by atoms with Crippen molar-refractivity contribution < 1.29 is 4.74 Å². The van der Waals surface area contributed by atoms with Gasteiger partial charge in [-0.05, 0) is 6.42 Å². The lowest BCUT2D eigenvalue weighted by Crippen LogP contribution is -2.20. The molecule has 76 valence electrons. The van der Waals surface area contributed by atoms with Gasteiger partial charge in [0.05, 0.1) is 12.6 Å². The van der Waals surface area contributed by atoms with Crippen LogP contribution in [-0.2, 0) is 4.74 Å². The minimum absolute atomic E-state index is 0.186. The first-order chi connectivity index (χ1) is 6.74. The minimum Gasteiger partial charge on any atom is -0.383 e. The van der Waals surface area contributed by atoms with Gasteiger partial charge in [0.25, 0.3) is 0 Å². The van der Waals surface area contributed by atoms with Gasteiger partial charge in [0.1, 0.15) is 11.6 Å². The fourth-order valence-corrected chi connectivity index (χ4v) is 1.42. The molecule has 1 aliphatic heterocycles. The number of nitrogen functional groups attached to an aromatic ring is 2. The molecular formula is C8H13N5O. The zero-order valence-corrected chi connectivity index (χ0v) is 7.73. The summed E-state index contributed by atoms with van der Waals surface area (Å²) in [5.41, 5.74) is 11.0. The van der Waals surface area contributed by atoms with Crippen LogP contribution in [0.25, 0.3) is 0 Å². The van der Waals surface area contributed by atoms with Gasteiger partial charge in [0.2, 0.25) is 5.95 Å². The van der Waals surface area contributed by atoms with Crippen molar-refractivity contribution in [2.24, 2.45) is 0 Å². The highest BCUT2D eigenvalue weighted by atomic mass is 16.5.